The molecule has 1 aromatic heterocycles. The summed E-state index contributed by atoms with van der Waals surface area (Å²) in [7, 11) is 0. The molecule has 2 aromatic carbocycles. The lowest BCUT2D eigenvalue weighted by molar-refractivity contribution is 0.220. The summed E-state index contributed by atoms with van der Waals surface area (Å²) in [6.45, 7) is 4.24. The summed E-state index contributed by atoms with van der Waals surface area (Å²) in [6, 6.07) is 16.5. The molecule has 4 rings (SSSR count). The molecule has 0 N–H and O–H groups in total. The molecule has 0 saturated carbocycles. The van der Waals surface area contributed by atoms with Gasteiger partial charge >= 0.3 is 0 Å². The highest BCUT2D eigenvalue weighted by Gasteiger charge is 2.19. The van der Waals surface area contributed by atoms with Crippen LogP contribution in [-0.4, -0.2) is 33.3 Å². The molecule has 0 atom stereocenters. The van der Waals surface area contributed by atoms with E-state index in [1.54, 1.807) is 0 Å². The lowest BCUT2D eigenvalue weighted by Crippen LogP contribution is -2.34. The maximum Gasteiger partial charge on any atom is 0.124 e. The van der Waals surface area contributed by atoms with Crippen molar-refractivity contribution in [3.63, 3.8) is 0 Å². The molecule has 5 heteroatoms. The number of hydrogen-bond acceptors (Lipinski definition) is 3. The summed E-state index contributed by atoms with van der Waals surface area (Å²) in [5, 5.41) is 0.801. The normalized spacial score (nSPS) is 14.9. The van der Waals surface area contributed by atoms with E-state index in [1.807, 2.05) is 23.9 Å². The Labute approximate surface area is 151 Å². The van der Waals surface area contributed by atoms with Crippen LogP contribution in [-0.2, 0) is 13.1 Å². The quantitative estimate of drug-likeness (QED) is 0.488. The smallest absolute Gasteiger partial charge is 0.124 e. The van der Waals surface area contributed by atoms with E-state index < -0.39 is 0 Å². The van der Waals surface area contributed by atoms with Gasteiger partial charge < -0.3 is 4.57 Å². The van der Waals surface area contributed by atoms with Crippen molar-refractivity contribution in [1.82, 2.24) is 14.5 Å². The van der Waals surface area contributed by atoms with Gasteiger partial charge in [0.2, 0.25) is 0 Å². The van der Waals surface area contributed by atoms with Gasteiger partial charge in [-0.1, -0.05) is 23.7 Å². The van der Waals surface area contributed by atoms with Gasteiger partial charge in [0, 0.05) is 23.0 Å². The fraction of sp³-hybridized carbons (Fsp3) is 0.316. The van der Waals surface area contributed by atoms with E-state index >= 15 is 0 Å². The maximum absolute atomic E-state index is 5.92. The van der Waals surface area contributed by atoms with Crippen molar-refractivity contribution in [2.75, 3.05) is 18.8 Å². The van der Waals surface area contributed by atoms with Crippen LogP contribution in [0.1, 0.15) is 12.2 Å². The van der Waals surface area contributed by atoms with Crippen LogP contribution in [0.5, 0.6) is 0 Å². The van der Waals surface area contributed by atoms with Crippen LogP contribution in [0.15, 0.2) is 53.4 Å². The Bertz CT molecular complexity index is 828. The van der Waals surface area contributed by atoms with Gasteiger partial charge in [0.25, 0.3) is 0 Å². The third-order valence-electron chi connectivity index (χ3n) is 4.44. The zero-order valence-corrected chi connectivity index (χ0v) is 15.1. The molecule has 0 amide bonds. The minimum Gasteiger partial charge on any atom is -0.326 e. The first-order valence-corrected chi connectivity index (χ1v) is 9.71. The summed E-state index contributed by atoms with van der Waals surface area (Å²) in [5.41, 5.74) is 2.39. The Morgan fingerprint density at radius 2 is 1.88 bits per heavy atom. The molecule has 0 aliphatic carbocycles. The van der Waals surface area contributed by atoms with Crippen LogP contribution >= 0.6 is 23.4 Å². The summed E-state index contributed by atoms with van der Waals surface area (Å²) in [5.74, 6) is 2.34. The maximum atomic E-state index is 5.92. The molecule has 3 aromatic rings. The fourth-order valence-corrected chi connectivity index (χ4v) is 4.18. The van der Waals surface area contributed by atoms with Crippen molar-refractivity contribution in [3.8, 4) is 0 Å². The predicted octanol–water partition coefficient (Wildman–Crippen LogP) is 4.69. The molecule has 24 heavy (non-hydrogen) atoms. The predicted molar refractivity (Wildman–Crippen MR) is 102 cm³/mol. The lowest BCUT2D eigenvalue weighted by atomic mass is 10.3. The Balaban J connectivity index is 1.30. The highest BCUT2D eigenvalue weighted by Crippen LogP contribution is 2.23. The Hall–Kier alpha value is -1.49. The van der Waals surface area contributed by atoms with E-state index in [9.17, 15) is 0 Å². The standard InChI is InChI=1S/C19H20ClN3S/c20-15-6-8-16(9-7-15)24-13-3-10-22-11-12-23-18-5-2-1-4-17(18)21-19(23)14-22/h1-2,4-9H,3,10-14H2. The minimum atomic E-state index is 0.801. The Morgan fingerprint density at radius 3 is 2.75 bits per heavy atom. The lowest BCUT2D eigenvalue weighted by Gasteiger charge is -2.27. The summed E-state index contributed by atoms with van der Waals surface area (Å²) < 4.78 is 2.37. The van der Waals surface area contributed by atoms with Crippen molar-refractivity contribution < 1.29 is 0 Å². The van der Waals surface area contributed by atoms with E-state index in [1.165, 1.54) is 22.7 Å². The number of thioether (sulfide) groups is 1. The van der Waals surface area contributed by atoms with Crippen LogP contribution in [0.2, 0.25) is 5.02 Å². The van der Waals surface area contributed by atoms with Gasteiger partial charge in [-0.3, -0.25) is 4.90 Å². The number of nitrogens with zero attached hydrogens (tertiary/aromatic N) is 3. The molecule has 3 nitrogen and oxygen atoms in total. The molecule has 0 fully saturated rings. The number of fused-ring (bicyclic) bond motifs is 3. The molecule has 0 saturated heterocycles. The van der Waals surface area contributed by atoms with Crippen molar-refractivity contribution in [2.24, 2.45) is 0 Å². The zero-order valence-electron chi connectivity index (χ0n) is 13.5. The zero-order chi connectivity index (χ0) is 16.4. The van der Waals surface area contributed by atoms with Crippen molar-refractivity contribution >= 4 is 34.4 Å². The Kier molecular flexibility index (Phi) is 4.79. The van der Waals surface area contributed by atoms with Gasteiger partial charge in [0.1, 0.15) is 5.82 Å². The van der Waals surface area contributed by atoms with Gasteiger partial charge in [0.05, 0.1) is 17.6 Å². The van der Waals surface area contributed by atoms with Gasteiger partial charge in [-0.25, -0.2) is 4.98 Å². The molecule has 0 unspecified atom stereocenters. The van der Waals surface area contributed by atoms with Gasteiger partial charge in [-0.15, -0.1) is 11.8 Å². The third-order valence-corrected chi connectivity index (χ3v) is 5.79. The monoisotopic (exact) mass is 357 g/mol. The second-order valence-corrected chi connectivity index (χ2v) is 7.71. The van der Waals surface area contributed by atoms with Crippen LogP contribution in [0.4, 0.5) is 0 Å². The molecule has 0 spiro atoms. The van der Waals surface area contributed by atoms with Crippen LogP contribution in [0.3, 0.4) is 0 Å². The number of benzene rings is 2. The van der Waals surface area contributed by atoms with Crippen molar-refractivity contribution in [2.45, 2.75) is 24.4 Å². The highest BCUT2D eigenvalue weighted by atomic mass is 35.5. The second kappa shape index (κ2) is 7.18. The van der Waals surface area contributed by atoms with Gasteiger partial charge in [-0.2, -0.15) is 0 Å². The molecule has 124 valence electrons. The number of aromatic nitrogens is 2. The molecule has 0 bridgehead atoms. The number of rotatable bonds is 5. The van der Waals surface area contributed by atoms with Crippen LogP contribution in [0, 0.1) is 0 Å². The Morgan fingerprint density at radius 1 is 1.04 bits per heavy atom. The third kappa shape index (κ3) is 3.46. The number of halogens is 1. The van der Waals surface area contributed by atoms with Crippen LogP contribution < -0.4 is 0 Å². The topological polar surface area (TPSA) is 21.1 Å². The molecule has 2 heterocycles. The minimum absolute atomic E-state index is 0.801. The average Bonchev–Trinajstić information content (AvgIpc) is 2.98. The molecular weight excluding hydrogens is 338 g/mol. The first-order chi connectivity index (χ1) is 11.8. The number of para-hydroxylation sites is 2. The fourth-order valence-electron chi connectivity index (χ4n) is 3.22. The first kappa shape index (κ1) is 16.0. The molecular formula is C19H20ClN3S. The van der Waals surface area contributed by atoms with Gasteiger partial charge in [-0.05, 0) is 55.1 Å². The SMILES string of the molecule is Clc1ccc(SCCCN2CCn3c(nc4ccccc43)C2)cc1. The molecule has 1 aliphatic heterocycles. The first-order valence-electron chi connectivity index (χ1n) is 8.34. The molecule has 1 aliphatic rings. The van der Waals surface area contributed by atoms with E-state index in [4.69, 9.17) is 16.6 Å². The summed E-state index contributed by atoms with van der Waals surface area (Å²) >= 11 is 7.82. The highest BCUT2D eigenvalue weighted by molar-refractivity contribution is 7.99. The average molecular weight is 358 g/mol. The number of imidazole rings is 1. The summed E-state index contributed by atoms with van der Waals surface area (Å²) in [4.78, 5) is 8.60. The van der Waals surface area contributed by atoms with E-state index in [0.717, 1.165) is 42.5 Å². The van der Waals surface area contributed by atoms with Crippen molar-refractivity contribution in [1.29, 1.82) is 0 Å². The van der Waals surface area contributed by atoms with Gasteiger partial charge in [0.15, 0.2) is 0 Å². The number of hydrogen-bond donors (Lipinski definition) is 0. The van der Waals surface area contributed by atoms with Crippen LogP contribution in [0.25, 0.3) is 11.0 Å². The van der Waals surface area contributed by atoms with E-state index in [0.29, 0.717) is 0 Å². The largest absolute Gasteiger partial charge is 0.326 e. The van der Waals surface area contributed by atoms with E-state index in [2.05, 4.69) is 45.9 Å². The second-order valence-electron chi connectivity index (χ2n) is 6.10. The summed E-state index contributed by atoms with van der Waals surface area (Å²) in [6.07, 6.45) is 1.19. The van der Waals surface area contributed by atoms with E-state index in [-0.39, 0.29) is 0 Å². The van der Waals surface area contributed by atoms with Crippen molar-refractivity contribution in [3.05, 3.63) is 59.4 Å². The molecule has 0 radical (unpaired) electrons.